The Balaban J connectivity index is 0.00000784. The second-order valence-electron chi connectivity index (χ2n) is 7.85. The fourth-order valence-corrected chi connectivity index (χ4v) is 2.05. The molecule has 2 amide bonds. The van der Waals surface area contributed by atoms with Crippen molar-refractivity contribution in [1.29, 1.82) is 0 Å². The van der Waals surface area contributed by atoms with Crippen molar-refractivity contribution in [3.63, 3.8) is 0 Å². The van der Waals surface area contributed by atoms with Crippen molar-refractivity contribution in [1.82, 2.24) is 16.0 Å². The molecule has 0 aliphatic heterocycles. The van der Waals surface area contributed by atoms with Crippen molar-refractivity contribution < 1.29 is 18.7 Å². The van der Waals surface area contributed by atoms with E-state index in [-0.39, 0.29) is 42.2 Å². The molecule has 8 nitrogen and oxygen atoms in total. The van der Waals surface area contributed by atoms with Crippen LogP contribution in [0.4, 0.5) is 14.9 Å². The largest absolute Gasteiger partial charge is 0.444 e. The molecule has 29 heavy (non-hydrogen) atoms. The quantitative estimate of drug-likeness (QED) is 0.261. The number of halogens is 2. The Kier molecular flexibility index (Phi) is 10.9. The van der Waals surface area contributed by atoms with Crippen LogP contribution >= 0.6 is 24.0 Å². The zero-order valence-electron chi connectivity index (χ0n) is 17.7. The molecule has 0 unspecified atom stereocenters. The number of amides is 2. The van der Waals surface area contributed by atoms with Crippen LogP contribution in [-0.4, -0.2) is 49.2 Å². The minimum Gasteiger partial charge on any atom is -0.444 e. The van der Waals surface area contributed by atoms with Gasteiger partial charge in [-0.2, -0.15) is 0 Å². The van der Waals surface area contributed by atoms with Gasteiger partial charge in [-0.05, 0) is 58.9 Å². The maximum Gasteiger partial charge on any atom is 0.408 e. The SMILES string of the molecule is CN=C(NCC(=O)Nc1ccc(F)cc1)NCC(C)(C)NC(=O)OC(C)(C)C.I. The minimum absolute atomic E-state index is 0. The molecule has 0 saturated heterocycles. The highest BCUT2D eigenvalue weighted by atomic mass is 127. The first kappa shape index (κ1) is 26.9. The molecule has 4 N–H and O–H groups in total. The van der Waals surface area contributed by atoms with Gasteiger partial charge in [0.05, 0.1) is 12.1 Å². The summed E-state index contributed by atoms with van der Waals surface area (Å²) in [6, 6.07) is 5.49. The van der Waals surface area contributed by atoms with Gasteiger partial charge in [0, 0.05) is 19.3 Å². The van der Waals surface area contributed by atoms with Gasteiger partial charge < -0.3 is 26.0 Å². The molecule has 0 aliphatic carbocycles. The van der Waals surface area contributed by atoms with E-state index in [0.717, 1.165) is 0 Å². The van der Waals surface area contributed by atoms with Crippen LogP contribution in [0.3, 0.4) is 0 Å². The summed E-state index contributed by atoms with van der Waals surface area (Å²) in [6.45, 7) is 9.36. The molecule has 0 saturated carbocycles. The van der Waals surface area contributed by atoms with Crippen LogP contribution in [0.2, 0.25) is 0 Å². The summed E-state index contributed by atoms with van der Waals surface area (Å²) in [5.41, 5.74) is -0.696. The van der Waals surface area contributed by atoms with Crippen LogP contribution in [-0.2, 0) is 9.53 Å². The van der Waals surface area contributed by atoms with Gasteiger partial charge in [0.1, 0.15) is 11.4 Å². The molecule has 0 aliphatic rings. The van der Waals surface area contributed by atoms with Gasteiger partial charge in [-0.25, -0.2) is 9.18 Å². The Labute approximate surface area is 188 Å². The number of carbonyl (C=O) groups excluding carboxylic acids is 2. The Hall–Kier alpha value is -2.11. The van der Waals surface area contributed by atoms with Crippen LogP contribution in [0.25, 0.3) is 0 Å². The Morgan fingerprint density at radius 3 is 2.17 bits per heavy atom. The van der Waals surface area contributed by atoms with Crippen molar-refractivity contribution >= 4 is 47.6 Å². The highest BCUT2D eigenvalue weighted by molar-refractivity contribution is 14.0. The topological polar surface area (TPSA) is 104 Å². The summed E-state index contributed by atoms with van der Waals surface area (Å²) < 4.78 is 18.1. The predicted octanol–water partition coefficient (Wildman–Crippen LogP) is 2.85. The zero-order valence-corrected chi connectivity index (χ0v) is 20.0. The van der Waals surface area contributed by atoms with Gasteiger partial charge in [-0.3, -0.25) is 9.79 Å². The molecule has 0 atom stereocenters. The number of alkyl carbamates (subject to hydrolysis) is 1. The van der Waals surface area contributed by atoms with Crippen LogP contribution in [0.5, 0.6) is 0 Å². The monoisotopic (exact) mass is 523 g/mol. The number of anilines is 1. The van der Waals surface area contributed by atoms with Gasteiger partial charge in [-0.1, -0.05) is 0 Å². The molecule has 1 aromatic carbocycles. The lowest BCUT2D eigenvalue weighted by molar-refractivity contribution is -0.115. The van der Waals surface area contributed by atoms with E-state index in [1.165, 1.54) is 24.3 Å². The van der Waals surface area contributed by atoms with E-state index in [2.05, 4.69) is 26.3 Å². The first-order chi connectivity index (χ1) is 12.9. The lowest BCUT2D eigenvalue weighted by atomic mass is 10.1. The highest BCUT2D eigenvalue weighted by Gasteiger charge is 2.24. The summed E-state index contributed by atoms with van der Waals surface area (Å²) in [4.78, 5) is 27.9. The number of nitrogens with one attached hydrogen (secondary N) is 4. The fourth-order valence-electron chi connectivity index (χ4n) is 2.05. The molecule has 0 heterocycles. The Morgan fingerprint density at radius 2 is 1.66 bits per heavy atom. The second-order valence-corrected chi connectivity index (χ2v) is 7.85. The van der Waals surface area contributed by atoms with E-state index in [0.29, 0.717) is 18.2 Å². The molecule has 0 radical (unpaired) electrons. The predicted molar refractivity (Wildman–Crippen MR) is 123 cm³/mol. The minimum atomic E-state index is -0.615. The molecule has 164 valence electrons. The third-order valence-corrected chi connectivity index (χ3v) is 3.31. The summed E-state index contributed by atoms with van der Waals surface area (Å²) in [7, 11) is 1.57. The van der Waals surface area contributed by atoms with Crippen LogP contribution < -0.4 is 21.3 Å². The van der Waals surface area contributed by atoms with Crippen molar-refractivity contribution in [3.05, 3.63) is 30.1 Å². The third-order valence-electron chi connectivity index (χ3n) is 3.31. The fraction of sp³-hybridized carbons (Fsp3) is 0.526. The van der Waals surface area contributed by atoms with Crippen LogP contribution in [0.15, 0.2) is 29.3 Å². The molecule has 0 spiro atoms. The molecule has 10 heteroatoms. The van der Waals surface area contributed by atoms with E-state index >= 15 is 0 Å². The number of hydrogen-bond acceptors (Lipinski definition) is 4. The van der Waals surface area contributed by atoms with E-state index in [9.17, 15) is 14.0 Å². The first-order valence-corrected chi connectivity index (χ1v) is 8.91. The summed E-state index contributed by atoms with van der Waals surface area (Å²) in [6.07, 6.45) is -0.513. The summed E-state index contributed by atoms with van der Waals surface area (Å²) in [5, 5.41) is 11.3. The third kappa shape index (κ3) is 12.1. The number of aliphatic imine (C=N–C) groups is 1. The van der Waals surface area contributed by atoms with Gasteiger partial charge in [0.25, 0.3) is 0 Å². The lowest BCUT2D eigenvalue weighted by Gasteiger charge is -2.29. The molecule has 1 rings (SSSR count). The van der Waals surface area contributed by atoms with E-state index in [1.54, 1.807) is 27.8 Å². The Bertz CT molecular complexity index is 703. The average Bonchev–Trinajstić information content (AvgIpc) is 2.54. The zero-order chi connectivity index (χ0) is 21.4. The number of benzene rings is 1. The molecule has 0 bridgehead atoms. The van der Waals surface area contributed by atoms with Gasteiger partial charge in [-0.15, -0.1) is 24.0 Å². The average molecular weight is 523 g/mol. The second kappa shape index (κ2) is 11.8. The normalized spacial score (nSPS) is 11.8. The van der Waals surface area contributed by atoms with Crippen LogP contribution in [0.1, 0.15) is 34.6 Å². The smallest absolute Gasteiger partial charge is 0.408 e. The number of carbonyl (C=O) groups is 2. The summed E-state index contributed by atoms with van der Waals surface area (Å²) in [5.74, 6) is -0.280. The van der Waals surface area contributed by atoms with Gasteiger partial charge in [0.2, 0.25) is 5.91 Å². The van der Waals surface area contributed by atoms with Crippen molar-refractivity contribution in [3.8, 4) is 0 Å². The van der Waals surface area contributed by atoms with Gasteiger partial charge >= 0.3 is 6.09 Å². The van der Waals surface area contributed by atoms with E-state index in [1.807, 2.05) is 13.8 Å². The maximum absolute atomic E-state index is 12.9. The lowest BCUT2D eigenvalue weighted by Crippen LogP contribution is -2.54. The first-order valence-electron chi connectivity index (χ1n) is 8.91. The standard InChI is InChI=1S/C19H30FN5O3.HI/c1-18(2,3)28-17(27)25-19(4,5)12-23-16(21-6)22-11-15(26)24-14-9-7-13(20)8-10-14;/h7-10H,11-12H2,1-6H3,(H,24,26)(H,25,27)(H2,21,22,23);1H. The molecular weight excluding hydrogens is 492 g/mol. The number of hydrogen-bond donors (Lipinski definition) is 4. The summed E-state index contributed by atoms with van der Waals surface area (Å²) >= 11 is 0. The number of rotatable bonds is 6. The number of ether oxygens (including phenoxy) is 1. The van der Waals surface area contributed by atoms with Crippen molar-refractivity contribution in [2.75, 3.05) is 25.5 Å². The van der Waals surface area contributed by atoms with E-state index < -0.39 is 17.2 Å². The van der Waals surface area contributed by atoms with Crippen molar-refractivity contribution in [2.45, 2.75) is 45.8 Å². The molecule has 0 aromatic heterocycles. The van der Waals surface area contributed by atoms with E-state index in [4.69, 9.17) is 4.74 Å². The molecule has 1 aromatic rings. The highest BCUT2D eigenvalue weighted by Crippen LogP contribution is 2.09. The molecule has 0 fully saturated rings. The number of nitrogens with zero attached hydrogens (tertiary/aromatic N) is 1. The molecular formula is C19H31FIN5O3. The van der Waals surface area contributed by atoms with Crippen molar-refractivity contribution in [2.24, 2.45) is 4.99 Å². The van der Waals surface area contributed by atoms with Crippen LogP contribution in [0, 0.1) is 5.82 Å². The maximum atomic E-state index is 12.9. The van der Waals surface area contributed by atoms with Gasteiger partial charge in [0.15, 0.2) is 5.96 Å². The Morgan fingerprint density at radius 1 is 1.07 bits per heavy atom. The number of guanidine groups is 1.